The lowest BCUT2D eigenvalue weighted by Gasteiger charge is -2.36. The molecule has 0 amide bonds. The maximum Gasteiger partial charge on any atom is 0.125 e. The number of benzene rings is 1. The lowest BCUT2D eigenvalue weighted by atomic mass is 10.0. The van der Waals surface area contributed by atoms with Crippen LogP contribution in [0.2, 0.25) is 0 Å². The van der Waals surface area contributed by atoms with Crippen molar-refractivity contribution in [1.29, 1.82) is 0 Å². The number of hydrogen-bond acceptors (Lipinski definition) is 4. The van der Waals surface area contributed by atoms with Gasteiger partial charge < -0.3 is 19.7 Å². The molecule has 0 saturated carbocycles. The summed E-state index contributed by atoms with van der Waals surface area (Å²) in [7, 11) is 3.73. The normalized spacial score (nSPS) is 20.4. The number of nitrogens with one attached hydrogen (secondary N) is 1. The van der Waals surface area contributed by atoms with Crippen molar-refractivity contribution in [1.82, 2.24) is 5.32 Å². The van der Waals surface area contributed by atoms with Crippen LogP contribution in [0, 0.1) is 0 Å². The van der Waals surface area contributed by atoms with Gasteiger partial charge in [0.05, 0.1) is 13.2 Å². The van der Waals surface area contributed by atoms with Gasteiger partial charge in [-0.05, 0) is 45.9 Å². The molecule has 1 aliphatic rings. The van der Waals surface area contributed by atoms with Crippen LogP contribution >= 0.6 is 0 Å². The standard InChI is InChI=1S/C17H28N2O2/c1-5-21-14-8-7-11-19(12-14)15-9-6-10-16(20-4)17(15)13(2)18-3/h6,9-10,13-14,18H,5,7-8,11-12H2,1-4H3. The Morgan fingerprint density at radius 3 is 2.90 bits per heavy atom. The number of rotatable bonds is 6. The second-order valence-electron chi connectivity index (χ2n) is 5.57. The summed E-state index contributed by atoms with van der Waals surface area (Å²) in [6.07, 6.45) is 2.67. The van der Waals surface area contributed by atoms with Crippen LogP contribution in [0.3, 0.4) is 0 Å². The smallest absolute Gasteiger partial charge is 0.125 e. The van der Waals surface area contributed by atoms with E-state index in [-0.39, 0.29) is 6.04 Å². The minimum Gasteiger partial charge on any atom is -0.496 e. The lowest BCUT2D eigenvalue weighted by molar-refractivity contribution is 0.0526. The fourth-order valence-corrected chi connectivity index (χ4v) is 3.09. The SMILES string of the molecule is CCOC1CCCN(c2cccc(OC)c2C(C)NC)C1. The van der Waals surface area contributed by atoms with E-state index in [2.05, 4.69) is 36.2 Å². The van der Waals surface area contributed by atoms with Crippen LogP contribution in [0.4, 0.5) is 5.69 Å². The summed E-state index contributed by atoms with van der Waals surface area (Å²) in [4.78, 5) is 2.44. The largest absolute Gasteiger partial charge is 0.496 e. The van der Waals surface area contributed by atoms with Gasteiger partial charge in [0.25, 0.3) is 0 Å². The van der Waals surface area contributed by atoms with Crippen molar-refractivity contribution in [3.63, 3.8) is 0 Å². The summed E-state index contributed by atoms with van der Waals surface area (Å²) < 4.78 is 11.4. The minimum atomic E-state index is 0.253. The third-order valence-electron chi connectivity index (χ3n) is 4.25. The molecule has 1 aromatic rings. The van der Waals surface area contributed by atoms with E-state index < -0.39 is 0 Å². The predicted octanol–water partition coefficient (Wildman–Crippen LogP) is 2.98. The van der Waals surface area contributed by atoms with Crippen molar-refractivity contribution < 1.29 is 9.47 Å². The van der Waals surface area contributed by atoms with Crippen LogP contribution in [0.25, 0.3) is 0 Å². The molecular weight excluding hydrogens is 264 g/mol. The van der Waals surface area contributed by atoms with Crippen molar-refractivity contribution in [2.24, 2.45) is 0 Å². The molecule has 118 valence electrons. The molecule has 0 bridgehead atoms. The second kappa shape index (κ2) is 7.66. The molecule has 2 unspecified atom stereocenters. The van der Waals surface area contributed by atoms with E-state index in [1.54, 1.807) is 7.11 Å². The van der Waals surface area contributed by atoms with Gasteiger partial charge in [0.1, 0.15) is 5.75 Å². The summed E-state index contributed by atoms with van der Waals surface area (Å²) in [5, 5.41) is 3.33. The first kappa shape index (κ1) is 16.1. The van der Waals surface area contributed by atoms with Crippen LogP contribution in [-0.2, 0) is 4.74 Å². The van der Waals surface area contributed by atoms with Gasteiger partial charge in [-0.25, -0.2) is 0 Å². The van der Waals surface area contributed by atoms with E-state index in [4.69, 9.17) is 9.47 Å². The Balaban J connectivity index is 2.29. The van der Waals surface area contributed by atoms with Crippen molar-refractivity contribution in [3.8, 4) is 5.75 Å². The molecule has 1 fully saturated rings. The van der Waals surface area contributed by atoms with Crippen LogP contribution in [-0.4, -0.2) is 40.0 Å². The fraction of sp³-hybridized carbons (Fsp3) is 0.647. The van der Waals surface area contributed by atoms with Crippen molar-refractivity contribution in [3.05, 3.63) is 23.8 Å². The van der Waals surface area contributed by atoms with Gasteiger partial charge in [-0.3, -0.25) is 0 Å². The number of methoxy groups -OCH3 is 1. The van der Waals surface area contributed by atoms with E-state index in [9.17, 15) is 0 Å². The van der Waals surface area contributed by atoms with Gasteiger partial charge in [0.15, 0.2) is 0 Å². The highest BCUT2D eigenvalue weighted by atomic mass is 16.5. The molecule has 0 spiro atoms. The third kappa shape index (κ3) is 3.69. The van der Waals surface area contributed by atoms with Crippen molar-refractivity contribution in [2.45, 2.75) is 38.8 Å². The molecule has 0 radical (unpaired) electrons. The van der Waals surface area contributed by atoms with Gasteiger partial charge >= 0.3 is 0 Å². The first-order chi connectivity index (χ1) is 10.2. The molecule has 1 saturated heterocycles. The first-order valence-corrected chi connectivity index (χ1v) is 7.92. The molecule has 0 aliphatic carbocycles. The van der Waals surface area contributed by atoms with Crippen LogP contribution in [0.1, 0.15) is 38.3 Å². The van der Waals surface area contributed by atoms with E-state index in [0.717, 1.165) is 31.9 Å². The highest BCUT2D eigenvalue weighted by Gasteiger charge is 2.24. The summed E-state index contributed by atoms with van der Waals surface area (Å²) in [5.41, 5.74) is 2.50. The lowest BCUT2D eigenvalue weighted by Crippen LogP contribution is -2.40. The highest BCUT2D eigenvalue weighted by molar-refractivity contribution is 5.61. The van der Waals surface area contributed by atoms with E-state index in [1.807, 2.05) is 13.1 Å². The monoisotopic (exact) mass is 292 g/mol. The van der Waals surface area contributed by atoms with E-state index in [0.29, 0.717) is 6.10 Å². The topological polar surface area (TPSA) is 33.7 Å². The number of anilines is 1. The first-order valence-electron chi connectivity index (χ1n) is 7.92. The predicted molar refractivity (Wildman–Crippen MR) is 87.3 cm³/mol. The van der Waals surface area contributed by atoms with Gasteiger partial charge in [-0.1, -0.05) is 6.07 Å². The molecule has 21 heavy (non-hydrogen) atoms. The molecule has 4 nitrogen and oxygen atoms in total. The maximum atomic E-state index is 5.83. The Bertz CT molecular complexity index is 448. The van der Waals surface area contributed by atoms with E-state index in [1.165, 1.54) is 17.7 Å². The van der Waals surface area contributed by atoms with Crippen LogP contribution in [0.5, 0.6) is 5.75 Å². The molecule has 2 atom stereocenters. The van der Waals surface area contributed by atoms with Crippen LogP contribution < -0.4 is 15.0 Å². The molecule has 1 N–H and O–H groups in total. The Labute approximate surface area is 128 Å². The molecule has 4 heteroatoms. The van der Waals surface area contributed by atoms with Gasteiger partial charge in [-0.15, -0.1) is 0 Å². The Hall–Kier alpha value is -1.26. The zero-order valence-electron chi connectivity index (χ0n) is 13.7. The Morgan fingerprint density at radius 1 is 1.43 bits per heavy atom. The molecule has 0 aromatic heterocycles. The average Bonchev–Trinajstić information content (AvgIpc) is 2.54. The van der Waals surface area contributed by atoms with Crippen molar-refractivity contribution >= 4 is 5.69 Å². The quantitative estimate of drug-likeness (QED) is 0.874. The average molecular weight is 292 g/mol. The Kier molecular flexibility index (Phi) is 5.88. The molecule has 2 rings (SSSR count). The summed E-state index contributed by atoms with van der Waals surface area (Å²) in [6.45, 7) is 7.07. The van der Waals surface area contributed by atoms with Gasteiger partial charge in [-0.2, -0.15) is 0 Å². The number of hydrogen-bond donors (Lipinski definition) is 1. The molecule has 1 heterocycles. The van der Waals surface area contributed by atoms with Gasteiger partial charge in [0.2, 0.25) is 0 Å². The summed E-state index contributed by atoms with van der Waals surface area (Å²) in [6, 6.07) is 6.56. The minimum absolute atomic E-state index is 0.253. The maximum absolute atomic E-state index is 5.83. The van der Waals surface area contributed by atoms with Crippen molar-refractivity contribution in [2.75, 3.05) is 38.8 Å². The fourth-order valence-electron chi connectivity index (χ4n) is 3.09. The second-order valence-corrected chi connectivity index (χ2v) is 5.57. The third-order valence-corrected chi connectivity index (χ3v) is 4.25. The number of ether oxygens (including phenoxy) is 2. The number of nitrogens with zero attached hydrogens (tertiary/aromatic N) is 1. The highest BCUT2D eigenvalue weighted by Crippen LogP contribution is 2.35. The van der Waals surface area contributed by atoms with E-state index >= 15 is 0 Å². The molecule has 1 aromatic carbocycles. The Morgan fingerprint density at radius 2 is 2.24 bits per heavy atom. The molecule has 1 aliphatic heterocycles. The number of piperidine rings is 1. The summed E-state index contributed by atoms with van der Waals surface area (Å²) in [5.74, 6) is 0.952. The summed E-state index contributed by atoms with van der Waals surface area (Å²) >= 11 is 0. The van der Waals surface area contributed by atoms with Gasteiger partial charge in [0, 0.05) is 37.0 Å². The molecular formula is C17H28N2O2. The zero-order valence-corrected chi connectivity index (χ0v) is 13.7. The zero-order chi connectivity index (χ0) is 15.2. The van der Waals surface area contributed by atoms with Crippen LogP contribution in [0.15, 0.2) is 18.2 Å².